The van der Waals surface area contributed by atoms with Crippen LogP contribution in [0.25, 0.3) is 0 Å². The van der Waals surface area contributed by atoms with Crippen LogP contribution in [0, 0.1) is 0 Å². The van der Waals surface area contributed by atoms with Gasteiger partial charge in [-0.3, -0.25) is 4.79 Å². The number of carbonyl (C=O) groups is 1. The van der Waals surface area contributed by atoms with Crippen LogP contribution in [0.15, 0.2) is 0 Å². The normalized spacial score (nSPS) is 10.1. The molecule has 0 aliphatic heterocycles. The largest absolute Gasteiger partial charge is 0.492 e. The molecule has 16 heavy (non-hydrogen) atoms. The predicted molar refractivity (Wildman–Crippen MR) is 67.2 cm³/mol. The van der Waals surface area contributed by atoms with Crippen LogP contribution < -0.4 is 21.5 Å². The number of hydrogen-bond donors (Lipinski definition) is 3. The number of amides is 1. The average Bonchev–Trinajstić information content (AvgIpc) is 2.55. The van der Waals surface area contributed by atoms with Crippen molar-refractivity contribution in [2.75, 3.05) is 24.7 Å². The fourth-order valence-electron chi connectivity index (χ4n) is 1.31. The third kappa shape index (κ3) is 2.57. The Balaban J connectivity index is 2.90. The Labute approximate surface area is 98.8 Å². The van der Waals surface area contributed by atoms with Gasteiger partial charge < -0.3 is 21.5 Å². The average molecular weight is 243 g/mol. The summed E-state index contributed by atoms with van der Waals surface area (Å²) in [5.41, 5.74) is 11.3. The molecule has 5 N–H and O–H groups in total. The maximum Gasteiger partial charge on any atom is 0.261 e. The van der Waals surface area contributed by atoms with Gasteiger partial charge in [-0.1, -0.05) is 13.3 Å². The van der Waals surface area contributed by atoms with Crippen LogP contribution in [0.1, 0.15) is 29.4 Å². The van der Waals surface area contributed by atoms with Crippen molar-refractivity contribution >= 4 is 27.9 Å². The van der Waals surface area contributed by atoms with E-state index in [9.17, 15) is 4.79 Å². The van der Waals surface area contributed by atoms with Gasteiger partial charge in [0.05, 0.1) is 7.11 Å². The molecule has 1 rings (SSSR count). The lowest BCUT2D eigenvalue weighted by Gasteiger charge is -2.05. The molecule has 5 nitrogen and oxygen atoms in total. The second-order valence-electron chi connectivity index (χ2n) is 3.35. The maximum absolute atomic E-state index is 11.1. The number of hydrogen-bond acceptors (Lipinski definition) is 5. The van der Waals surface area contributed by atoms with E-state index in [1.807, 2.05) is 0 Å². The molecule has 0 atom stereocenters. The molecule has 0 bridgehead atoms. The van der Waals surface area contributed by atoms with Crippen molar-refractivity contribution in [3.05, 3.63) is 4.88 Å². The minimum atomic E-state index is -0.524. The number of ether oxygens (including phenoxy) is 1. The van der Waals surface area contributed by atoms with Crippen molar-refractivity contribution in [2.45, 2.75) is 19.8 Å². The van der Waals surface area contributed by atoms with E-state index >= 15 is 0 Å². The Morgan fingerprint density at radius 1 is 1.56 bits per heavy atom. The van der Waals surface area contributed by atoms with E-state index in [-0.39, 0.29) is 0 Å². The predicted octanol–water partition coefficient (Wildman–Crippen LogP) is 1.65. The summed E-state index contributed by atoms with van der Waals surface area (Å²) in [6.45, 7) is 2.93. The van der Waals surface area contributed by atoms with E-state index < -0.39 is 5.91 Å². The van der Waals surface area contributed by atoms with Gasteiger partial charge in [0.1, 0.15) is 15.6 Å². The Hall–Kier alpha value is -1.43. The van der Waals surface area contributed by atoms with Gasteiger partial charge in [-0.05, 0) is 6.42 Å². The Morgan fingerprint density at radius 3 is 2.75 bits per heavy atom. The highest BCUT2D eigenvalue weighted by molar-refractivity contribution is 7.19. The first kappa shape index (κ1) is 12.6. The highest BCUT2D eigenvalue weighted by Crippen LogP contribution is 2.42. The molecule has 0 aliphatic carbocycles. The smallest absolute Gasteiger partial charge is 0.261 e. The number of unbranched alkanes of at least 4 members (excludes halogenated alkanes) is 1. The minimum absolute atomic E-state index is 0.319. The third-order valence-corrected chi connectivity index (χ3v) is 3.30. The highest BCUT2D eigenvalue weighted by Gasteiger charge is 2.19. The molecule has 1 aromatic rings. The van der Waals surface area contributed by atoms with Crippen molar-refractivity contribution in [1.82, 2.24) is 0 Å². The van der Waals surface area contributed by atoms with Crippen molar-refractivity contribution in [1.29, 1.82) is 0 Å². The molecular formula is C10H17N3O2S. The monoisotopic (exact) mass is 243 g/mol. The SMILES string of the molecule is CCCCNc1sc(C(N)=O)c(N)c1OC. The van der Waals surface area contributed by atoms with Crippen molar-refractivity contribution in [2.24, 2.45) is 5.73 Å². The molecule has 1 aromatic heterocycles. The summed E-state index contributed by atoms with van der Waals surface area (Å²) in [5, 5.41) is 3.95. The van der Waals surface area contributed by atoms with E-state index in [1.54, 1.807) is 0 Å². The zero-order valence-corrected chi connectivity index (χ0v) is 10.3. The topological polar surface area (TPSA) is 90.4 Å². The van der Waals surface area contributed by atoms with Crippen LogP contribution in [0.4, 0.5) is 10.7 Å². The minimum Gasteiger partial charge on any atom is -0.492 e. The van der Waals surface area contributed by atoms with E-state index in [2.05, 4.69) is 12.2 Å². The molecule has 0 radical (unpaired) electrons. The van der Waals surface area contributed by atoms with Crippen LogP contribution in [0.2, 0.25) is 0 Å². The Kier molecular flexibility index (Phi) is 4.42. The van der Waals surface area contributed by atoms with E-state index in [4.69, 9.17) is 16.2 Å². The molecule has 1 amide bonds. The van der Waals surface area contributed by atoms with E-state index in [1.165, 1.54) is 18.4 Å². The zero-order chi connectivity index (χ0) is 12.1. The van der Waals surface area contributed by atoms with Crippen LogP contribution in [-0.4, -0.2) is 19.6 Å². The summed E-state index contributed by atoms with van der Waals surface area (Å²) >= 11 is 1.23. The van der Waals surface area contributed by atoms with Gasteiger partial charge in [0.2, 0.25) is 0 Å². The number of nitrogens with two attached hydrogens (primary N) is 2. The Bertz CT molecular complexity index is 376. The lowest BCUT2D eigenvalue weighted by atomic mass is 10.3. The van der Waals surface area contributed by atoms with Crippen LogP contribution in [-0.2, 0) is 0 Å². The first-order chi connectivity index (χ1) is 7.61. The Morgan fingerprint density at radius 2 is 2.25 bits per heavy atom. The van der Waals surface area contributed by atoms with E-state index in [0.29, 0.717) is 16.3 Å². The van der Waals surface area contributed by atoms with E-state index in [0.717, 1.165) is 24.4 Å². The summed E-state index contributed by atoms with van der Waals surface area (Å²) in [5.74, 6) is -0.0146. The number of anilines is 2. The fourth-order valence-corrected chi connectivity index (χ4v) is 2.28. The first-order valence-corrected chi connectivity index (χ1v) is 5.93. The van der Waals surface area contributed by atoms with Crippen molar-refractivity contribution in [3.63, 3.8) is 0 Å². The van der Waals surface area contributed by atoms with Gasteiger partial charge in [0, 0.05) is 6.54 Å². The molecule has 0 fully saturated rings. The summed E-state index contributed by atoms with van der Waals surface area (Å²) in [4.78, 5) is 11.4. The van der Waals surface area contributed by atoms with Gasteiger partial charge in [0.25, 0.3) is 5.91 Å². The molecule has 1 heterocycles. The maximum atomic E-state index is 11.1. The fraction of sp³-hybridized carbons (Fsp3) is 0.500. The number of methoxy groups -OCH3 is 1. The zero-order valence-electron chi connectivity index (χ0n) is 9.50. The summed E-state index contributed by atoms with van der Waals surface area (Å²) < 4.78 is 5.15. The lowest BCUT2D eigenvalue weighted by Crippen LogP contribution is -2.10. The van der Waals surface area contributed by atoms with Gasteiger partial charge >= 0.3 is 0 Å². The summed E-state index contributed by atoms with van der Waals surface area (Å²) in [6, 6.07) is 0. The molecular weight excluding hydrogens is 226 g/mol. The van der Waals surface area contributed by atoms with Crippen LogP contribution in [0.3, 0.4) is 0 Å². The quantitative estimate of drug-likeness (QED) is 0.663. The summed E-state index contributed by atoms with van der Waals surface area (Å²) in [7, 11) is 1.52. The molecule has 6 heteroatoms. The molecule has 0 saturated heterocycles. The van der Waals surface area contributed by atoms with Crippen molar-refractivity contribution < 1.29 is 9.53 Å². The standard InChI is InChI=1S/C10H17N3O2S/c1-3-4-5-13-10-7(15-2)6(11)8(16-10)9(12)14/h13H,3-5,11H2,1-2H3,(H2,12,14). The van der Waals surface area contributed by atoms with Crippen LogP contribution in [0.5, 0.6) is 5.75 Å². The van der Waals surface area contributed by atoms with Crippen LogP contribution >= 0.6 is 11.3 Å². The second kappa shape index (κ2) is 5.60. The number of thiophene rings is 1. The number of nitrogens with one attached hydrogen (secondary N) is 1. The van der Waals surface area contributed by atoms with Gasteiger partial charge in [0.15, 0.2) is 5.75 Å². The van der Waals surface area contributed by atoms with Gasteiger partial charge in [-0.2, -0.15) is 0 Å². The van der Waals surface area contributed by atoms with Crippen molar-refractivity contribution in [3.8, 4) is 5.75 Å². The molecule has 0 spiro atoms. The molecule has 90 valence electrons. The number of primary amides is 1. The van der Waals surface area contributed by atoms with Gasteiger partial charge in [-0.15, -0.1) is 11.3 Å². The second-order valence-corrected chi connectivity index (χ2v) is 4.37. The molecule has 0 aromatic carbocycles. The number of carbonyl (C=O) groups excluding carboxylic acids is 1. The number of rotatable bonds is 6. The molecule has 0 saturated carbocycles. The summed E-state index contributed by atoms with van der Waals surface area (Å²) in [6.07, 6.45) is 2.14. The first-order valence-electron chi connectivity index (χ1n) is 5.11. The van der Waals surface area contributed by atoms with Gasteiger partial charge in [-0.25, -0.2) is 0 Å². The lowest BCUT2D eigenvalue weighted by molar-refractivity contribution is 0.100. The molecule has 0 unspecified atom stereocenters. The number of nitrogen functional groups attached to an aromatic ring is 1. The highest BCUT2D eigenvalue weighted by atomic mass is 32.1. The third-order valence-electron chi connectivity index (χ3n) is 2.14. The molecule has 0 aliphatic rings.